The smallest absolute Gasteiger partial charge is 0.116 e. The van der Waals surface area contributed by atoms with E-state index in [0.29, 0.717) is 0 Å². The fourth-order valence-electron chi connectivity index (χ4n) is 4.88. The van der Waals surface area contributed by atoms with Crippen LogP contribution in [0.1, 0.15) is 35.5 Å². The van der Waals surface area contributed by atoms with Gasteiger partial charge in [0.15, 0.2) is 0 Å². The average Bonchev–Trinajstić information content (AvgIpc) is 3.30. The maximum Gasteiger partial charge on any atom is 0.116 e. The van der Waals surface area contributed by atoms with E-state index < -0.39 is 8.07 Å². The van der Waals surface area contributed by atoms with E-state index in [1.54, 1.807) is 10.4 Å². The van der Waals surface area contributed by atoms with Crippen molar-refractivity contribution in [3.8, 4) is 0 Å². The van der Waals surface area contributed by atoms with Gasteiger partial charge in [0.2, 0.25) is 0 Å². The monoisotopic (exact) mass is 436 g/mol. The molecule has 0 N–H and O–H groups in total. The second-order valence-corrected chi connectivity index (χ2v) is 16.6. The van der Waals surface area contributed by atoms with Crippen LogP contribution in [0.3, 0.4) is 0 Å². The Morgan fingerprint density at radius 2 is 1.36 bits per heavy atom. The van der Waals surface area contributed by atoms with E-state index in [1.807, 2.05) is 34.0 Å². The Labute approximate surface area is 180 Å². The van der Waals surface area contributed by atoms with E-state index in [9.17, 15) is 0 Å². The van der Waals surface area contributed by atoms with Gasteiger partial charge >= 0.3 is 0 Å². The van der Waals surface area contributed by atoms with Gasteiger partial charge in [0, 0.05) is 34.7 Å². The van der Waals surface area contributed by atoms with Crippen LogP contribution in [0, 0.1) is 27.7 Å². The van der Waals surface area contributed by atoms with Crippen LogP contribution >= 0.6 is 34.0 Å². The van der Waals surface area contributed by atoms with E-state index >= 15 is 0 Å². The lowest BCUT2D eigenvalue weighted by molar-refractivity contribution is 1.53. The Morgan fingerprint density at radius 1 is 0.750 bits per heavy atom. The Bertz CT molecular complexity index is 1280. The highest BCUT2D eigenvalue weighted by Gasteiger charge is 2.44. The van der Waals surface area contributed by atoms with Crippen LogP contribution in [0.4, 0.5) is 0 Å². The lowest BCUT2D eigenvalue weighted by Gasteiger charge is -2.23. The molecule has 0 spiro atoms. The molecule has 1 aromatic carbocycles. The topological polar surface area (TPSA) is 0 Å². The van der Waals surface area contributed by atoms with Gasteiger partial charge in [-0.1, -0.05) is 31.3 Å². The molecule has 0 nitrogen and oxygen atoms in total. The standard InChI is InChI=1S/C24H24S3Si/c1-13-11-18(15(3)25-13)21-22-24(17-9-7-8-10-20(17)27-22)28(5,6)23(21)19-12-14(2)26-16(19)4/h7-12H,1-6H3. The van der Waals surface area contributed by atoms with Crippen molar-refractivity contribution in [1.29, 1.82) is 0 Å². The van der Waals surface area contributed by atoms with E-state index in [2.05, 4.69) is 77.2 Å². The normalized spacial score (nSPS) is 15.6. The van der Waals surface area contributed by atoms with Gasteiger partial charge in [-0.2, -0.15) is 0 Å². The van der Waals surface area contributed by atoms with E-state index in [1.165, 1.54) is 51.2 Å². The van der Waals surface area contributed by atoms with Crippen molar-refractivity contribution in [2.24, 2.45) is 0 Å². The third-order valence-corrected chi connectivity index (χ3v) is 12.8. The lowest BCUT2D eigenvalue weighted by Crippen LogP contribution is -2.40. The fourth-order valence-corrected chi connectivity index (χ4v) is 12.8. The van der Waals surface area contributed by atoms with Crippen molar-refractivity contribution < 1.29 is 0 Å². The van der Waals surface area contributed by atoms with Crippen LogP contribution < -0.4 is 5.19 Å². The first-order chi connectivity index (χ1) is 13.3. The summed E-state index contributed by atoms with van der Waals surface area (Å²) in [6.07, 6.45) is 0. The highest BCUT2D eigenvalue weighted by Crippen LogP contribution is 2.50. The number of rotatable bonds is 2. The van der Waals surface area contributed by atoms with Crippen LogP contribution in [0.25, 0.3) is 20.9 Å². The molecule has 28 heavy (non-hydrogen) atoms. The van der Waals surface area contributed by atoms with Crippen LogP contribution in [-0.4, -0.2) is 8.07 Å². The summed E-state index contributed by atoms with van der Waals surface area (Å²) < 4.78 is 1.44. The minimum atomic E-state index is -1.82. The SMILES string of the molecule is Cc1cc(C2=C(c3cc(C)sc3C)[Si](C)(C)c3c2sc2ccccc32)c(C)s1. The van der Waals surface area contributed by atoms with Crippen LogP contribution in [0.15, 0.2) is 36.4 Å². The zero-order chi connectivity index (χ0) is 19.8. The van der Waals surface area contributed by atoms with Gasteiger partial charge in [0.1, 0.15) is 8.07 Å². The summed E-state index contributed by atoms with van der Waals surface area (Å²) in [7, 11) is -1.82. The molecule has 5 rings (SSSR count). The Balaban J connectivity index is 1.94. The molecule has 0 saturated heterocycles. The zero-order valence-electron chi connectivity index (χ0n) is 17.2. The molecule has 4 heteroatoms. The van der Waals surface area contributed by atoms with Gasteiger partial charge in [-0.25, -0.2) is 0 Å². The molecule has 0 unspecified atom stereocenters. The largest absolute Gasteiger partial charge is 0.145 e. The van der Waals surface area contributed by atoms with E-state index in [-0.39, 0.29) is 0 Å². The second kappa shape index (κ2) is 6.27. The third-order valence-electron chi connectivity index (χ3n) is 5.94. The molecule has 0 radical (unpaired) electrons. The maximum absolute atomic E-state index is 2.56. The molecule has 0 aliphatic carbocycles. The molecule has 0 bridgehead atoms. The van der Waals surface area contributed by atoms with E-state index in [0.717, 1.165) is 0 Å². The van der Waals surface area contributed by atoms with Crippen molar-refractivity contribution in [3.63, 3.8) is 0 Å². The average molecular weight is 437 g/mol. The van der Waals surface area contributed by atoms with Gasteiger partial charge in [0.05, 0.1) is 0 Å². The first-order valence-corrected chi connectivity index (χ1v) is 15.2. The molecule has 3 aromatic heterocycles. The minimum absolute atomic E-state index is 1.41. The summed E-state index contributed by atoms with van der Waals surface area (Å²) in [5, 5.41) is 4.80. The molecular formula is C24H24S3Si. The molecular weight excluding hydrogens is 413 g/mol. The lowest BCUT2D eigenvalue weighted by atomic mass is 10.0. The van der Waals surface area contributed by atoms with Crippen molar-refractivity contribution in [2.75, 3.05) is 0 Å². The number of fused-ring (bicyclic) bond motifs is 3. The van der Waals surface area contributed by atoms with Crippen molar-refractivity contribution in [3.05, 3.63) is 71.9 Å². The summed E-state index contributed by atoms with van der Waals surface area (Å²) in [5.41, 5.74) is 4.51. The number of hydrogen-bond donors (Lipinski definition) is 0. The second-order valence-electron chi connectivity index (χ2n) is 8.33. The predicted octanol–water partition coefficient (Wildman–Crippen LogP) is 7.69. The number of aryl methyl sites for hydroxylation is 4. The highest BCUT2D eigenvalue weighted by atomic mass is 32.1. The third kappa shape index (κ3) is 2.51. The Morgan fingerprint density at radius 3 is 1.96 bits per heavy atom. The van der Waals surface area contributed by atoms with E-state index in [4.69, 9.17) is 0 Å². The van der Waals surface area contributed by atoms with Crippen LogP contribution in [0.5, 0.6) is 0 Å². The Kier molecular flexibility index (Phi) is 4.15. The summed E-state index contributed by atoms with van der Waals surface area (Å²) in [6, 6.07) is 13.9. The first-order valence-electron chi connectivity index (χ1n) is 9.71. The molecule has 0 saturated carbocycles. The number of benzene rings is 1. The number of thiophene rings is 3. The minimum Gasteiger partial charge on any atom is -0.145 e. The van der Waals surface area contributed by atoms with Crippen LogP contribution in [-0.2, 0) is 0 Å². The van der Waals surface area contributed by atoms with Crippen molar-refractivity contribution in [2.45, 2.75) is 40.8 Å². The summed E-state index contributed by atoms with van der Waals surface area (Å²) >= 11 is 5.88. The molecule has 1 aliphatic heterocycles. The Hall–Kier alpha value is -1.46. The van der Waals surface area contributed by atoms with Crippen molar-refractivity contribution in [1.82, 2.24) is 0 Å². The molecule has 142 valence electrons. The van der Waals surface area contributed by atoms with Gasteiger partial charge in [-0.3, -0.25) is 0 Å². The molecule has 4 heterocycles. The predicted molar refractivity (Wildman–Crippen MR) is 132 cm³/mol. The summed E-state index contributed by atoms with van der Waals surface area (Å²) in [5.74, 6) is 0. The van der Waals surface area contributed by atoms with Gasteiger partial charge < -0.3 is 0 Å². The van der Waals surface area contributed by atoms with Gasteiger partial charge in [-0.15, -0.1) is 34.0 Å². The quantitative estimate of drug-likeness (QED) is 0.283. The highest BCUT2D eigenvalue weighted by molar-refractivity contribution is 7.26. The molecule has 1 aliphatic rings. The molecule has 0 fully saturated rings. The summed E-state index contributed by atoms with van der Waals surface area (Å²) in [6.45, 7) is 14.2. The van der Waals surface area contributed by atoms with Gasteiger partial charge in [-0.05, 0) is 72.8 Å². The number of hydrogen-bond acceptors (Lipinski definition) is 3. The molecule has 0 atom stereocenters. The zero-order valence-corrected chi connectivity index (χ0v) is 20.6. The van der Waals surface area contributed by atoms with Crippen molar-refractivity contribution >= 4 is 68.1 Å². The molecule has 4 aromatic rings. The maximum atomic E-state index is 2.56. The first kappa shape index (κ1) is 18.6. The summed E-state index contributed by atoms with van der Waals surface area (Å²) in [4.78, 5) is 7.28. The van der Waals surface area contributed by atoms with Crippen LogP contribution in [0.2, 0.25) is 13.1 Å². The molecule has 0 amide bonds. The van der Waals surface area contributed by atoms with Gasteiger partial charge in [0.25, 0.3) is 0 Å². The fraction of sp³-hybridized carbons (Fsp3) is 0.250.